The van der Waals surface area contributed by atoms with E-state index in [0.717, 1.165) is 35.6 Å². The average molecular weight is 271 g/mol. The lowest BCUT2D eigenvalue weighted by molar-refractivity contribution is 0.168. The van der Waals surface area contributed by atoms with Crippen molar-refractivity contribution in [3.8, 4) is 0 Å². The summed E-state index contributed by atoms with van der Waals surface area (Å²) in [6, 6.07) is 11.8. The predicted molar refractivity (Wildman–Crippen MR) is 85.8 cm³/mol. The third kappa shape index (κ3) is 2.93. The second kappa shape index (κ2) is 5.89. The summed E-state index contributed by atoms with van der Waals surface area (Å²) >= 11 is 0. The van der Waals surface area contributed by atoms with Gasteiger partial charge in [-0.3, -0.25) is 0 Å². The van der Waals surface area contributed by atoms with Crippen molar-refractivity contribution in [1.82, 2.24) is 5.32 Å². The Hall–Kier alpha value is -0.820. The second-order valence-electron chi connectivity index (χ2n) is 7.41. The van der Waals surface area contributed by atoms with Gasteiger partial charge in [-0.2, -0.15) is 0 Å². The van der Waals surface area contributed by atoms with Gasteiger partial charge in [0.05, 0.1) is 0 Å². The minimum absolute atomic E-state index is 0.727. The molecule has 0 aromatic heterocycles. The molecule has 20 heavy (non-hydrogen) atoms. The number of benzene rings is 1. The summed E-state index contributed by atoms with van der Waals surface area (Å²) in [5, 5.41) is 3.67. The second-order valence-corrected chi connectivity index (χ2v) is 7.41. The Kier molecular flexibility index (Phi) is 4.16. The molecule has 2 fully saturated rings. The third-order valence-electron chi connectivity index (χ3n) is 5.58. The number of rotatable bonds is 4. The summed E-state index contributed by atoms with van der Waals surface area (Å²) in [5.74, 6) is 4.38. The van der Waals surface area contributed by atoms with E-state index >= 15 is 0 Å². The summed E-state index contributed by atoms with van der Waals surface area (Å²) in [6.07, 6.45) is 5.66. The van der Waals surface area contributed by atoms with Crippen molar-refractivity contribution >= 4 is 0 Å². The monoisotopic (exact) mass is 271 g/mol. The van der Waals surface area contributed by atoms with Gasteiger partial charge in [0.15, 0.2) is 0 Å². The number of nitrogens with one attached hydrogen (secondary N) is 1. The standard InChI is InChI=1S/C19H29N/c1-13-9-14(2)11-16(10-13)19(20-3)18-12-17(18)15-7-5-4-6-8-15/h4-8,13-14,16-20H,9-12H2,1-3H3. The highest BCUT2D eigenvalue weighted by Crippen LogP contribution is 2.52. The molecular weight excluding hydrogens is 242 g/mol. The molecule has 1 heteroatoms. The highest BCUT2D eigenvalue weighted by atomic mass is 14.9. The highest BCUT2D eigenvalue weighted by molar-refractivity contribution is 5.27. The predicted octanol–water partition coefficient (Wildman–Crippen LogP) is 4.45. The van der Waals surface area contributed by atoms with Crippen LogP contribution in [-0.4, -0.2) is 13.1 Å². The van der Waals surface area contributed by atoms with Crippen LogP contribution in [0.2, 0.25) is 0 Å². The average Bonchev–Trinajstić information content (AvgIpc) is 3.20. The van der Waals surface area contributed by atoms with Crippen LogP contribution in [0.5, 0.6) is 0 Å². The zero-order valence-electron chi connectivity index (χ0n) is 13.2. The molecule has 3 rings (SSSR count). The van der Waals surface area contributed by atoms with Gasteiger partial charge in [0.1, 0.15) is 0 Å². The first-order valence-corrected chi connectivity index (χ1v) is 8.41. The first-order valence-electron chi connectivity index (χ1n) is 8.41. The van der Waals surface area contributed by atoms with Crippen molar-refractivity contribution in [2.75, 3.05) is 7.05 Å². The van der Waals surface area contributed by atoms with E-state index in [9.17, 15) is 0 Å². The molecule has 5 unspecified atom stereocenters. The molecule has 1 N–H and O–H groups in total. The van der Waals surface area contributed by atoms with E-state index in [0.29, 0.717) is 0 Å². The lowest BCUT2D eigenvalue weighted by Crippen LogP contribution is -2.39. The minimum atomic E-state index is 0.727. The first-order chi connectivity index (χ1) is 9.69. The van der Waals surface area contributed by atoms with Crippen molar-refractivity contribution < 1.29 is 0 Å². The van der Waals surface area contributed by atoms with Gasteiger partial charge in [-0.25, -0.2) is 0 Å². The largest absolute Gasteiger partial charge is 0.316 e. The van der Waals surface area contributed by atoms with E-state index < -0.39 is 0 Å². The van der Waals surface area contributed by atoms with E-state index in [4.69, 9.17) is 0 Å². The van der Waals surface area contributed by atoms with E-state index in [1.165, 1.54) is 25.7 Å². The van der Waals surface area contributed by atoms with Gasteiger partial charge in [0.25, 0.3) is 0 Å². The van der Waals surface area contributed by atoms with Crippen LogP contribution in [0.15, 0.2) is 30.3 Å². The maximum absolute atomic E-state index is 3.67. The Morgan fingerprint density at radius 2 is 1.60 bits per heavy atom. The molecule has 0 aliphatic heterocycles. The number of hydrogen-bond donors (Lipinski definition) is 1. The summed E-state index contributed by atoms with van der Waals surface area (Å²) in [4.78, 5) is 0. The highest BCUT2D eigenvalue weighted by Gasteiger charge is 2.46. The van der Waals surface area contributed by atoms with E-state index in [2.05, 4.69) is 56.5 Å². The fourth-order valence-electron chi connectivity index (χ4n) is 4.80. The summed E-state index contributed by atoms with van der Waals surface area (Å²) in [6.45, 7) is 4.88. The first kappa shape index (κ1) is 14.1. The molecule has 0 spiro atoms. The molecule has 0 amide bonds. The third-order valence-corrected chi connectivity index (χ3v) is 5.58. The quantitative estimate of drug-likeness (QED) is 0.853. The van der Waals surface area contributed by atoms with Gasteiger partial charge < -0.3 is 5.32 Å². The Balaban J connectivity index is 1.66. The van der Waals surface area contributed by atoms with Crippen LogP contribution in [0.4, 0.5) is 0 Å². The van der Waals surface area contributed by atoms with Crippen LogP contribution >= 0.6 is 0 Å². The van der Waals surface area contributed by atoms with Crippen LogP contribution < -0.4 is 5.32 Å². The maximum atomic E-state index is 3.67. The zero-order chi connectivity index (χ0) is 14.1. The molecule has 5 atom stereocenters. The molecule has 2 saturated carbocycles. The normalized spacial score (nSPS) is 38.5. The molecule has 0 radical (unpaired) electrons. The van der Waals surface area contributed by atoms with Crippen molar-refractivity contribution in [3.63, 3.8) is 0 Å². The van der Waals surface area contributed by atoms with Gasteiger partial charge in [-0.05, 0) is 67.9 Å². The molecule has 0 saturated heterocycles. The van der Waals surface area contributed by atoms with Crippen molar-refractivity contribution in [1.29, 1.82) is 0 Å². The Bertz CT molecular complexity index is 417. The van der Waals surface area contributed by atoms with Gasteiger partial charge >= 0.3 is 0 Å². The van der Waals surface area contributed by atoms with Gasteiger partial charge in [-0.1, -0.05) is 44.2 Å². The van der Waals surface area contributed by atoms with Crippen LogP contribution in [0, 0.1) is 23.7 Å². The lowest BCUT2D eigenvalue weighted by atomic mass is 9.72. The molecule has 1 aromatic carbocycles. The molecule has 2 aliphatic rings. The van der Waals surface area contributed by atoms with Crippen LogP contribution in [0.3, 0.4) is 0 Å². The summed E-state index contributed by atoms with van der Waals surface area (Å²) in [5.41, 5.74) is 1.55. The van der Waals surface area contributed by atoms with E-state index in [1.807, 2.05) is 0 Å². The smallest absolute Gasteiger partial charge is 0.0127 e. The summed E-state index contributed by atoms with van der Waals surface area (Å²) < 4.78 is 0. The molecule has 0 bridgehead atoms. The Morgan fingerprint density at radius 3 is 2.20 bits per heavy atom. The maximum Gasteiger partial charge on any atom is 0.0127 e. The molecule has 2 aliphatic carbocycles. The molecular formula is C19H29N. The molecule has 1 aromatic rings. The minimum Gasteiger partial charge on any atom is -0.316 e. The van der Waals surface area contributed by atoms with Crippen molar-refractivity contribution in [3.05, 3.63) is 35.9 Å². The fraction of sp³-hybridized carbons (Fsp3) is 0.684. The van der Waals surface area contributed by atoms with Crippen molar-refractivity contribution in [2.24, 2.45) is 23.7 Å². The SMILES string of the molecule is CNC(C1CC(C)CC(C)C1)C1CC1c1ccccc1. The molecule has 110 valence electrons. The Morgan fingerprint density at radius 1 is 0.950 bits per heavy atom. The van der Waals surface area contributed by atoms with E-state index in [-0.39, 0.29) is 0 Å². The van der Waals surface area contributed by atoms with Gasteiger partial charge in [0.2, 0.25) is 0 Å². The number of hydrogen-bond acceptors (Lipinski definition) is 1. The molecule has 1 nitrogen and oxygen atoms in total. The van der Waals surface area contributed by atoms with E-state index in [1.54, 1.807) is 5.56 Å². The summed E-state index contributed by atoms with van der Waals surface area (Å²) in [7, 11) is 2.18. The lowest BCUT2D eigenvalue weighted by Gasteiger charge is -2.37. The van der Waals surface area contributed by atoms with Crippen LogP contribution in [-0.2, 0) is 0 Å². The van der Waals surface area contributed by atoms with Gasteiger partial charge in [-0.15, -0.1) is 0 Å². The van der Waals surface area contributed by atoms with Crippen LogP contribution in [0.25, 0.3) is 0 Å². The topological polar surface area (TPSA) is 12.0 Å². The fourth-order valence-corrected chi connectivity index (χ4v) is 4.80. The Labute approximate surface area is 124 Å². The van der Waals surface area contributed by atoms with Crippen LogP contribution in [0.1, 0.15) is 51.0 Å². The zero-order valence-corrected chi connectivity index (χ0v) is 13.2. The van der Waals surface area contributed by atoms with Gasteiger partial charge in [0, 0.05) is 6.04 Å². The molecule has 0 heterocycles. The van der Waals surface area contributed by atoms with Crippen molar-refractivity contribution in [2.45, 2.75) is 51.5 Å².